The summed E-state index contributed by atoms with van der Waals surface area (Å²) in [6.45, 7) is 2.41. The smallest absolute Gasteiger partial charge is 0.263 e. The Kier molecular flexibility index (Phi) is 6.65. The lowest BCUT2D eigenvalue weighted by molar-refractivity contribution is 0.354. The highest BCUT2D eigenvalue weighted by Gasteiger charge is 2.22. The molecule has 0 aliphatic heterocycles. The van der Waals surface area contributed by atoms with Crippen LogP contribution in [-0.2, 0) is 31.6 Å². The number of thioether (sulfide) groups is 1. The first kappa shape index (κ1) is 23.0. The van der Waals surface area contributed by atoms with E-state index in [0.29, 0.717) is 30.2 Å². The predicted molar refractivity (Wildman–Crippen MR) is 135 cm³/mol. The molecule has 0 unspecified atom stereocenters. The first-order valence-corrected chi connectivity index (χ1v) is 13.2. The lowest BCUT2D eigenvalue weighted by Crippen LogP contribution is -2.24. The molecule has 0 fully saturated rings. The topological polar surface area (TPSA) is 79.4 Å². The van der Waals surface area contributed by atoms with Crippen LogP contribution in [0.25, 0.3) is 10.2 Å². The number of benzene rings is 1. The van der Waals surface area contributed by atoms with Gasteiger partial charge in [-0.15, -0.1) is 11.3 Å². The lowest BCUT2D eigenvalue weighted by atomic mass is 9.97. The van der Waals surface area contributed by atoms with Crippen molar-refractivity contribution in [2.75, 3.05) is 14.2 Å². The van der Waals surface area contributed by atoms with E-state index in [1.54, 1.807) is 25.6 Å². The minimum absolute atomic E-state index is 0.0590. The summed E-state index contributed by atoms with van der Waals surface area (Å²) < 4.78 is 17.8. The van der Waals surface area contributed by atoms with Gasteiger partial charge in [0.1, 0.15) is 10.6 Å². The van der Waals surface area contributed by atoms with Crippen LogP contribution in [0.1, 0.15) is 40.3 Å². The highest BCUT2D eigenvalue weighted by atomic mass is 32.2. The average Bonchev–Trinajstić information content (AvgIpc) is 3.44. The SMILES string of the molecule is COc1ccc(CCn2c(SCc3cc(C)on3)nc3sc4c(c3c2=O)CCCC4)cc1OC. The van der Waals surface area contributed by atoms with Crippen LogP contribution in [0.5, 0.6) is 11.5 Å². The molecule has 0 radical (unpaired) electrons. The van der Waals surface area contributed by atoms with Crippen LogP contribution < -0.4 is 15.0 Å². The molecule has 1 aliphatic rings. The minimum Gasteiger partial charge on any atom is -0.493 e. The number of methoxy groups -OCH3 is 2. The van der Waals surface area contributed by atoms with Crippen molar-refractivity contribution in [3.05, 3.63) is 62.1 Å². The van der Waals surface area contributed by atoms with Gasteiger partial charge in [-0.3, -0.25) is 9.36 Å². The van der Waals surface area contributed by atoms with Crippen LogP contribution >= 0.6 is 23.1 Å². The number of nitrogens with zero attached hydrogens (tertiary/aromatic N) is 3. The summed E-state index contributed by atoms with van der Waals surface area (Å²) in [5.74, 6) is 2.74. The summed E-state index contributed by atoms with van der Waals surface area (Å²) in [5.41, 5.74) is 3.19. The molecule has 1 aliphatic carbocycles. The zero-order valence-electron chi connectivity index (χ0n) is 19.6. The zero-order chi connectivity index (χ0) is 23.7. The number of hydrogen-bond donors (Lipinski definition) is 0. The van der Waals surface area contributed by atoms with Gasteiger partial charge in [-0.2, -0.15) is 0 Å². The van der Waals surface area contributed by atoms with E-state index in [0.717, 1.165) is 51.7 Å². The Labute approximate surface area is 206 Å². The van der Waals surface area contributed by atoms with Gasteiger partial charge in [0.25, 0.3) is 5.56 Å². The number of aryl methyl sites for hydroxylation is 4. The van der Waals surface area contributed by atoms with Gasteiger partial charge < -0.3 is 14.0 Å². The Balaban J connectivity index is 1.50. The third-order valence-corrected chi connectivity index (χ3v) is 8.33. The molecule has 3 heterocycles. The Morgan fingerprint density at radius 3 is 2.74 bits per heavy atom. The highest BCUT2D eigenvalue weighted by molar-refractivity contribution is 7.98. The van der Waals surface area contributed by atoms with Gasteiger partial charge in [-0.05, 0) is 62.3 Å². The number of aromatic nitrogens is 3. The summed E-state index contributed by atoms with van der Waals surface area (Å²) in [6.07, 6.45) is 5.00. The first-order valence-electron chi connectivity index (χ1n) is 11.4. The number of thiophene rings is 1. The minimum atomic E-state index is 0.0590. The molecule has 0 amide bonds. The fourth-order valence-corrected chi connectivity index (χ4v) is 6.64. The maximum atomic E-state index is 13.8. The van der Waals surface area contributed by atoms with Gasteiger partial charge in [0, 0.05) is 23.2 Å². The summed E-state index contributed by atoms with van der Waals surface area (Å²) in [7, 11) is 3.25. The molecule has 0 bridgehead atoms. The standard InChI is InChI=1S/C25H27N3O4S2/c1-15-12-17(27-32-15)14-33-25-26-23-22(18-6-4-5-7-21(18)34-23)24(29)28(25)11-10-16-8-9-19(30-2)20(13-16)31-3/h8-9,12-13H,4-7,10-11,14H2,1-3H3. The molecule has 9 heteroatoms. The van der Waals surface area contributed by atoms with Crippen LogP contribution in [0.3, 0.4) is 0 Å². The predicted octanol–water partition coefficient (Wildman–Crippen LogP) is 5.19. The molecule has 0 atom stereocenters. The summed E-state index contributed by atoms with van der Waals surface area (Å²) in [5, 5.41) is 5.63. The van der Waals surface area contributed by atoms with Crippen LogP contribution in [0.4, 0.5) is 0 Å². The second kappa shape index (κ2) is 9.84. The van der Waals surface area contributed by atoms with Gasteiger partial charge in [-0.1, -0.05) is 23.0 Å². The third-order valence-electron chi connectivity index (χ3n) is 6.14. The molecule has 4 aromatic rings. The number of hydrogen-bond acceptors (Lipinski definition) is 8. The van der Waals surface area contributed by atoms with Crippen molar-refractivity contribution in [1.29, 1.82) is 0 Å². The number of rotatable bonds is 8. The second-order valence-corrected chi connectivity index (χ2v) is 10.4. The molecule has 0 saturated heterocycles. The monoisotopic (exact) mass is 497 g/mol. The molecular formula is C25H27N3O4S2. The molecule has 0 spiro atoms. The molecule has 178 valence electrons. The molecule has 0 saturated carbocycles. The van der Waals surface area contributed by atoms with E-state index in [2.05, 4.69) is 5.16 Å². The van der Waals surface area contributed by atoms with Gasteiger partial charge >= 0.3 is 0 Å². The summed E-state index contributed by atoms with van der Waals surface area (Å²) >= 11 is 3.21. The summed E-state index contributed by atoms with van der Waals surface area (Å²) in [6, 6.07) is 7.79. The molecule has 7 nitrogen and oxygen atoms in total. The molecule has 3 aromatic heterocycles. The molecule has 5 rings (SSSR count). The largest absolute Gasteiger partial charge is 0.493 e. The van der Waals surface area contributed by atoms with E-state index in [1.165, 1.54) is 28.6 Å². The van der Waals surface area contributed by atoms with Gasteiger partial charge in [0.15, 0.2) is 16.7 Å². The van der Waals surface area contributed by atoms with Crippen molar-refractivity contribution in [2.45, 2.75) is 56.5 Å². The van der Waals surface area contributed by atoms with E-state index in [1.807, 2.05) is 35.8 Å². The zero-order valence-corrected chi connectivity index (χ0v) is 21.2. The quantitative estimate of drug-likeness (QED) is 0.245. The number of ether oxygens (including phenoxy) is 2. The summed E-state index contributed by atoms with van der Waals surface area (Å²) in [4.78, 5) is 20.9. The van der Waals surface area contributed by atoms with Gasteiger partial charge in [0.05, 0.1) is 25.3 Å². The molecule has 0 N–H and O–H groups in total. The van der Waals surface area contributed by atoms with Crippen molar-refractivity contribution < 1.29 is 14.0 Å². The van der Waals surface area contributed by atoms with Crippen molar-refractivity contribution in [1.82, 2.24) is 14.7 Å². The molecule has 1 aromatic carbocycles. The fourth-order valence-electron chi connectivity index (χ4n) is 4.43. The first-order chi connectivity index (χ1) is 16.6. The molecular weight excluding hydrogens is 470 g/mol. The van der Waals surface area contributed by atoms with E-state index >= 15 is 0 Å². The van der Waals surface area contributed by atoms with E-state index < -0.39 is 0 Å². The maximum Gasteiger partial charge on any atom is 0.263 e. The maximum absolute atomic E-state index is 13.8. The Bertz CT molecular complexity index is 1390. The van der Waals surface area contributed by atoms with Crippen LogP contribution in [0.2, 0.25) is 0 Å². The van der Waals surface area contributed by atoms with Crippen molar-refractivity contribution in [3.8, 4) is 11.5 Å². The van der Waals surface area contributed by atoms with Gasteiger partial charge in [0.2, 0.25) is 0 Å². The van der Waals surface area contributed by atoms with E-state index in [4.69, 9.17) is 19.0 Å². The number of fused-ring (bicyclic) bond motifs is 3. The highest BCUT2D eigenvalue weighted by Crippen LogP contribution is 2.35. The van der Waals surface area contributed by atoms with Crippen molar-refractivity contribution >= 4 is 33.3 Å². The van der Waals surface area contributed by atoms with Crippen molar-refractivity contribution in [3.63, 3.8) is 0 Å². The lowest BCUT2D eigenvalue weighted by Gasteiger charge is -2.14. The fraction of sp³-hybridized carbons (Fsp3) is 0.400. The average molecular weight is 498 g/mol. The van der Waals surface area contributed by atoms with E-state index in [9.17, 15) is 4.79 Å². The van der Waals surface area contributed by atoms with Gasteiger partial charge in [-0.25, -0.2) is 4.98 Å². The normalized spacial score (nSPS) is 13.3. The Hall–Kier alpha value is -2.78. The van der Waals surface area contributed by atoms with Crippen LogP contribution in [0, 0.1) is 6.92 Å². The molecule has 34 heavy (non-hydrogen) atoms. The van der Waals surface area contributed by atoms with Crippen LogP contribution in [-0.4, -0.2) is 28.9 Å². The van der Waals surface area contributed by atoms with Crippen LogP contribution in [0.15, 0.2) is 38.7 Å². The third kappa shape index (κ3) is 4.46. The van der Waals surface area contributed by atoms with Crippen molar-refractivity contribution in [2.24, 2.45) is 0 Å². The second-order valence-electron chi connectivity index (χ2n) is 8.40. The Morgan fingerprint density at radius 2 is 1.97 bits per heavy atom. The van der Waals surface area contributed by atoms with E-state index in [-0.39, 0.29) is 5.56 Å². The Morgan fingerprint density at radius 1 is 1.15 bits per heavy atom.